The molecule has 0 unspecified atom stereocenters. The highest BCUT2D eigenvalue weighted by molar-refractivity contribution is 6.08. The van der Waals surface area contributed by atoms with E-state index >= 15 is 0 Å². The van der Waals surface area contributed by atoms with Crippen LogP contribution in [0, 0.1) is 5.82 Å². The monoisotopic (exact) mass is 338 g/mol. The Kier molecular flexibility index (Phi) is 4.35. The lowest BCUT2D eigenvalue weighted by molar-refractivity contribution is 0.0696. The summed E-state index contributed by atoms with van der Waals surface area (Å²) in [5.74, 6) is -1.69. The molecule has 3 aromatic rings. The number of H-pyrrole nitrogens is 1. The van der Waals surface area contributed by atoms with Crippen LogP contribution in [0.1, 0.15) is 26.3 Å². The van der Waals surface area contributed by atoms with E-state index in [0.29, 0.717) is 22.2 Å². The third-order valence-electron chi connectivity index (χ3n) is 3.89. The second-order valence-electron chi connectivity index (χ2n) is 5.45. The topological polar surface area (TPSA) is 82.2 Å². The summed E-state index contributed by atoms with van der Waals surface area (Å²) in [6, 6.07) is 8.47. The molecule has 3 N–H and O–H groups in total. The van der Waals surface area contributed by atoms with Crippen molar-refractivity contribution in [1.82, 2.24) is 4.98 Å². The highest BCUT2D eigenvalue weighted by atomic mass is 19.1. The molecule has 5 nitrogen and oxygen atoms in total. The second-order valence-corrected chi connectivity index (χ2v) is 5.45. The van der Waals surface area contributed by atoms with Crippen molar-refractivity contribution in [3.63, 3.8) is 0 Å². The van der Waals surface area contributed by atoms with Crippen molar-refractivity contribution in [3.8, 4) is 0 Å². The third-order valence-corrected chi connectivity index (χ3v) is 3.89. The largest absolute Gasteiger partial charge is 0.478 e. The summed E-state index contributed by atoms with van der Waals surface area (Å²) in [5.41, 5.74) is 2.56. The fourth-order valence-electron chi connectivity index (χ4n) is 2.59. The van der Waals surface area contributed by atoms with Crippen molar-refractivity contribution in [2.45, 2.75) is 0 Å². The Morgan fingerprint density at radius 1 is 1.16 bits per heavy atom. The van der Waals surface area contributed by atoms with Crippen LogP contribution in [-0.2, 0) is 0 Å². The molecule has 0 amide bonds. The second kappa shape index (κ2) is 6.60. The Morgan fingerprint density at radius 2 is 1.84 bits per heavy atom. The summed E-state index contributed by atoms with van der Waals surface area (Å²) in [7, 11) is 1.70. The van der Waals surface area contributed by atoms with Crippen LogP contribution in [0.15, 0.2) is 48.7 Å². The maximum absolute atomic E-state index is 13.7. The summed E-state index contributed by atoms with van der Waals surface area (Å²) < 4.78 is 13.7. The molecular formula is C19H15FN2O3. The number of anilines is 1. The molecular weight excluding hydrogens is 323 g/mol. The molecule has 0 aliphatic rings. The molecule has 1 aromatic heterocycles. The van der Waals surface area contributed by atoms with Gasteiger partial charge in [0.1, 0.15) is 5.82 Å². The molecule has 0 radical (unpaired) electrons. The van der Waals surface area contributed by atoms with Gasteiger partial charge in [-0.3, -0.25) is 4.79 Å². The number of fused-ring (bicyclic) bond motifs is 1. The molecule has 0 atom stereocenters. The van der Waals surface area contributed by atoms with Crippen molar-refractivity contribution >= 4 is 34.4 Å². The lowest BCUT2D eigenvalue weighted by Crippen LogP contribution is -1.98. The van der Waals surface area contributed by atoms with Crippen molar-refractivity contribution < 1.29 is 19.1 Å². The third kappa shape index (κ3) is 3.28. The minimum atomic E-state index is -1.05. The van der Waals surface area contributed by atoms with Crippen LogP contribution >= 0.6 is 0 Å². The number of benzene rings is 2. The van der Waals surface area contributed by atoms with E-state index in [-0.39, 0.29) is 17.2 Å². The molecule has 0 spiro atoms. The van der Waals surface area contributed by atoms with Gasteiger partial charge in [0.25, 0.3) is 0 Å². The van der Waals surface area contributed by atoms with Crippen LogP contribution in [0.25, 0.3) is 17.0 Å². The van der Waals surface area contributed by atoms with Gasteiger partial charge in [-0.25, -0.2) is 9.18 Å². The van der Waals surface area contributed by atoms with Gasteiger partial charge in [-0.15, -0.1) is 0 Å². The number of aromatic amines is 1. The van der Waals surface area contributed by atoms with Crippen molar-refractivity contribution in [1.29, 1.82) is 0 Å². The number of aromatic nitrogens is 1. The first kappa shape index (κ1) is 16.4. The number of allylic oxidation sites excluding steroid dienone is 1. The number of rotatable bonds is 5. The van der Waals surface area contributed by atoms with Gasteiger partial charge in [-0.1, -0.05) is 12.1 Å². The lowest BCUT2D eigenvalue weighted by atomic mass is 10.1. The van der Waals surface area contributed by atoms with Gasteiger partial charge in [0.2, 0.25) is 0 Å². The first-order valence-electron chi connectivity index (χ1n) is 7.53. The van der Waals surface area contributed by atoms with Crippen LogP contribution in [0.5, 0.6) is 0 Å². The highest BCUT2D eigenvalue weighted by Gasteiger charge is 2.09. The van der Waals surface area contributed by atoms with Gasteiger partial charge in [-0.05, 0) is 36.4 Å². The van der Waals surface area contributed by atoms with E-state index in [1.54, 1.807) is 19.3 Å². The zero-order valence-electron chi connectivity index (χ0n) is 13.3. The fraction of sp³-hybridized carbons (Fsp3) is 0.0526. The zero-order valence-corrected chi connectivity index (χ0v) is 13.3. The number of carboxylic acid groups (broad SMARTS) is 1. The number of hydrogen-bond acceptors (Lipinski definition) is 3. The van der Waals surface area contributed by atoms with Gasteiger partial charge in [0, 0.05) is 29.8 Å². The van der Waals surface area contributed by atoms with Crippen LogP contribution in [0.4, 0.5) is 10.1 Å². The Bertz CT molecular complexity index is 988. The number of nitrogens with one attached hydrogen (secondary N) is 2. The maximum atomic E-state index is 13.7. The van der Waals surface area contributed by atoms with Crippen LogP contribution in [-0.4, -0.2) is 28.9 Å². The predicted molar refractivity (Wildman–Crippen MR) is 94.6 cm³/mol. The molecule has 6 heteroatoms. The number of carbonyl (C=O) groups excluding carboxylic acids is 1. The molecule has 0 bridgehead atoms. The van der Waals surface area contributed by atoms with E-state index < -0.39 is 5.97 Å². The number of aromatic carboxylic acids is 1. The average Bonchev–Trinajstić information content (AvgIpc) is 3.01. The van der Waals surface area contributed by atoms with E-state index in [9.17, 15) is 14.0 Å². The van der Waals surface area contributed by atoms with Gasteiger partial charge >= 0.3 is 5.97 Å². The van der Waals surface area contributed by atoms with Crippen molar-refractivity contribution in [2.75, 3.05) is 12.4 Å². The maximum Gasteiger partial charge on any atom is 0.335 e. The van der Waals surface area contributed by atoms with Crippen LogP contribution in [0.3, 0.4) is 0 Å². The Balaban J connectivity index is 1.89. The molecule has 126 valence electrons. The molecule has 25 heavy (non-hydrogen) atoms. The highest BCUT2D eigenvalue weighted by Crippen LogP contribution is 2.27. The number of ketones is 1. The van der Waals surface area contributed by atoms with Crippen LogP contribution < -0.4 is 5.32 Å². The SMILES string of the molecule is CNc1cc(F)cc2c(C=CC(=O)c3ccc(C(=O)O)cc3)c[nH]c12. The molecule has 2 aromatic carbocycles. The normalized spacial score (nSPS) is 11.1. The number of carbonyl (C=O) groups is 2. The summed E-state index contributed by atoms with van der Waals surface area (Å²) >= 11 is 0. The van der Waals surface area contributed by atoms with Gasteiger partial charge < -0.3 is 15.4 Å². The standard InChI is InChI=1S/C19H15FN2O3/c1-21-16-9-14(20)8-15-13(10-22-18(15)16)6-7-17(23)11-2-4-12(5-3-11)19(24)25/h2-10,21-22H,1H3,(H,24,25). The van der Waals surface area contributed by atoms with E-state index in [0.717, 1.165) is 5.52 Å². The van der Waals surface area contributed by atoms with Crippen molar-refractivity contribution in [3.05, 3.63) is 71.2 Å². The number of halogens is 1. The Labute approximate surface area is 142 Å². The lowest BCUT2D eigenvalue weighted by Gasteiger charge is -2.02. The van der Waals surface area contributed by atoms with Crippen molar-refractivity contribution in [2.24, 2.45) is 0 Å². The number of carboxylic acids is 1. The molecule has 1 heterocycles. The first-order valence-corrected chi connectivity index (χ1v) is 7.53. The summed E-state index contributed by atoms with van der Waals surface area (Å²) in [6.07, 6.45) is 4.68. The predicted octanol–water partition coefficient (Wildman–Crippen LogP) is 3.94. The van der Waals surface area contributed by atoms with E-state index in [1.165, 1.54) is 42.5 Å². The molecule has 0 saturated carbocycles. The molecule has 0 aliphatic carbocycles. The minimum Gasteiger partial charge on any atom is -0.478 e. The van der Waals surface area contributed by atoms with E-state index in [1.807, 2.05) is 0 Å². The van der Waals surface area contributed by atoms with E-state index in [2.05, 4.69) is 10.3 Å². The Hall–Kier alpha value is -3.41. The van der Waals surface area contributed by atoms with Gasteiger partial charge in [0.15, 0.2) is 5.78 Å². The zero-order chi connectivity index (χ0) is 18.0. The smallest absolute Gasteiger partial charge is 0.335 e. The quantitative estimate of drug-likeness (QED) is 0.486. The van der Waals surface area contributed by atoms with Crippen LogP contribution in [0.2, 0.25) is 0 Å². The molecule has 0 aliphatic heterocycles. The summed E-state index contributed by atoms with van der Waals surface area (Å²) in [6.45, 7) is 0. The van der Waals surface area contributed by atoms with Gasteiger partial charge in [-0.2, -0.15) is 0 Å². The minimum absolute atomic E-state index is 0.118. The molecule has 0 fully saturated rings. The first-order chi connectivity index (χ1) is 12.0. The number of hydrogen-bond donors (Lipinski definition) is 3. The average molecular weight is 338 g/mol. The Morgan fingerprint density at radius 3 is 2.48 bits per heavy atom. The molecule has 3 rings (SSSR count). The summed E-state index contributed by atoms with van der Waals surface area (Å²) in [4.78, 5) is 26.1. The van der Waals surface area contributed by atoms with Gasteiger partial charge in [0.05, 0.1) is 16.8 Å². The summed E-state index contributed by atoms with van der Waals surface area (Å²) in [5, 5.41) is 12.5. The molecule has 0 saturated heterocycles. The van der Waals surface area contributed by atoms with E-state index in [4.69, 9.17) is 5.11 Å². The fourth-order valence-corrected chi connectivity index (χ4v) is 2.59.